The zero-order chi connectivity index (χ0) is 33.1. The van der Waals surface area contributed by atoms with Crippen molar-refractivity contribution < 1.29 is 0 Å². The summed E-state index contributed by atoms with van der Waals surface area (Å²) in [6.45, 7) is 0. The van der Waals surface area contributed by atoms with Crippen LogP contribution in [-0.4, -0.2) is 9.97 Å². The summed E-state index contributed by atoms with van der Waals surface area (Å²) in [6.07, 6.45) is 0. The lowest BCUT2D eigenvalue weighted by molar-refractivity contribution is 0.770. The zero-order valence-corrected chi connectivity index (χ0v) is 27.9. The number of hydrogen-bond acceptors (Lipinski definition) is 3. The Kier molecular flexibility index (Phi) is 6.61. The Hall–Kier alpha value is -6.16. The number of hydrogen-bond donors (Lipinski definition) is 0. The molecule has 0 fully saturated rings. The van der Waals surface area contributed by atoms with Crippen molar-refractivity contribution in [3.05, 3.63) is 204 Å². The summed E-state index contributed by atoms with van der Waals surface area (Å²) >= 11 is 1.86. The molecule has 2 nitrogen and oxygen atoms in total. The van der Waals surface area contributed by atoms with Crippen molar-refractivity contribution in [2.45, 2.75) is 5.41 Å². The maximum atomic E-state index is 5.23. The summed E-state index contributed by atoms with van der Waals surface area (Å²) in [4.78, 5) is 10.5. The number of nitrogens with zero attached hydrogens (tertiary/aromatic N) is 2. The first-order valence-electron chi connectivity index (χ1n) is 17.0. The summed E-state index contributed by atoms with van der Waals surface area (Å²) in [5, 5.41) is 2.60. The Morgan fingerprint density at radius 1 is 0.380 bits per heavy atom. The molecule has 0 N–H and O–H groups in total. The number of fused-ring (bicyclic) bond motifs is 6. The molecule has 0 amide bonds. The monoisotopic (exact) mass is 654 g/mol. The smallest absolute Gasteiger partial charge is 0.160 e. The average Bonchev–Trinajstić information content (AvgIpc) is 3.72. The second kappa shape index (κ2) is 11.5. The van der Waals surface area contributed by atoms with Crippen molar-refractivity contribution in [2.75, 3.05) is 0 Å². The van der Waals surface area contributed by atoms with Gasteiger partial charge in [-0.2, -0.15) is 0 Å². The van der Waals surface area contributed by atoms with Gasteiger partial charge in [-0.3, -0.25) is 0 Å². The van der Waals surface area contributed by atoms with Gasteiger partial charge < -0.3 is 0 Å². The Balaban J connectivity index is 1.26. The van der Waals surface area contributed by atoms with Crippen molar-refractivity contribution in [3.63, 3.8) is 0 Å². The molecule has 1 atom stereocenters. The van der Waals surface area contributed by atoms with Gasteiger partial charge in [-0.1, -0.05) is 152 Å². The lowest BCUT2D eigenvalue weighted by Crippen LogP contribution is -2.28. The quantitative estimate of drug-likeness (QED) is 0.185. The maximum Gasteiger partial charge on any atom is 0.160 e. The maximum absolute atomic E-state index is 5.23. The molecular formula is C47H30N2S. The van der Waals surface area contributed by atoms with E-state index in [-0.39, 0.29) is 0 Å². The van der Waals surface area contributed by atoms with E-state index in [0.29, 0.717) is 5.82 Å². The first-order chi connectivity index (χ1) is 24.8. The Morgan fingerprint density at radius 3 is 1.72 bits per heavy atom. The third-order valence-electron chi connectivity index (χ3n) is 10.2. The molecule has 2 heterocycles. The van der Waals surface area contributed by atoms with Crippen LogP contribution >= 0.6 is 11.3 Å². The minimum atomic E-state index is -0.542. The SMILES string of the molecule is c1ccc(-c2cc(-c3ccccc3)nc(-c3ccc4c(c3)C(c3ccccc3)(c3ccc5sc6ccccc6c5c3)c3ccccc3-4)n2)cc1. The van der Waals surface area contributed by atoms with Crippen molar-refractivity contribution >= 4 is 31.5 Å². The molecule has 1 aliphatic carbocycles. The third-order valence-corrected chi connectivity index (χ3v) is 11.3. The molecule has 9 aromatic rings. The van der Waals surface area contributed by atoms with Crippen molar-refractivity contribution in [1.29, 1.82) is 0 Å². The van der Waals surface area contributed by atoms with Crippen LogP contribution in [0.2, 0.25) is 0 Å². The van der Waals surface area contributed by atoms with Crippen LogP contribution < -0.4 is 0 Å². The first-order valence-corrected chi connectivity index (χ1v) is 17.8. The molecule has 1 unspecified atom stereocenters. The van der Waals surface area contributed by atoms with E-state index in [1.807, 2.05) is 23.5 Å². The summed E-state index contributed by atoms with van der Waals surface area (Å²) in [7, 11) is 0. The van der Waals surface area contributed by atoms with E-state index in [4.69, 9.17) is 9.97 Å². The minimum Gasteiger partial charge on any atom is -0.228 e. The van der Waals surface area contributed by atoms with Crippen molar-refractivity contribution in [3.8, 4) is 45.0 Å². The largest absolute Gasteiger partial charge is 0.228 e. The topological polar surface area (TPSA) is 25.8 Å². The third kappa shape index (κ3) is 4.41. The molecule has 2 aromatic heterocycles. The predicted molar refractivity (Wildman–Crippen MR) is 209 cm³/mol. The highest BCUT2D eigenvalue weighted by molar-refractivity contribution is 7.25. The van der Waals surface area contributed by atoms with Gasteiger partial charge in [0.1, 0.15) is 0 Å². The second-order valence-electron chi connectivity index (χ2n) is 12.9. The normalized spacial score (nSPS) is 14.9. The molecule has 0 saturated carbocycles. The van der Waals surface area contributed by atoms with Crippen LogP contribution in [-0.2, 0) is 5.41 Å². The van der Waals surface area contributed by atoms with Gasteiger partial charge in [0, 0.05) is 36.9 Å². The van der Waals surface area contributed by atoms with Gasteiger partial charge in [-0.25, -0.2) is 9.97 Å². The van der Waals surface area contributed by atoms with Gasteiger partial charge in [-0.15, -0.1) is 11.3 Å². The van der Waals surface area contributed by atoms with E-state index in [2.05, 4.69) is 170 Å². The minimum absolute atomic E-state index is 0.542. The van der Waals surface area contributed by atoms with Crippen molar-refractivity contribution in [2.24, 2.45) is 0 Å². The number of rotatable bonds is 5. The summed E-state index contributed by atoms with van der Waals surface area (Å²) in [6, 6.07) is 65.6. The van der Waals surface area contributed by atoms with Gasteiger partial charge in [0.15, 0.2) is 5.82 Å². The molecule has 10 rings (SSSR count). The van der Waals surface area contributed by atoms with Crippen LogP contribution in [0.5, 0.6) is 0 Å². The fraction of sp³-hybridized carbons (Fsp3) is 0.0213. The highest BCUT2D eigenvalue weighted by Gasteiger charge is 2.46. The molecule has 1 aliphatic rings. The Labute approximate surface area is 295 Å². The van der Waals surface area contributed by atoms with E-state index in [1.54, 1.807) is 0 Å². The highest BCUT2D eigenvalue weighted by atomic mass is 32.1. The highest BCUT2D eigenvalue weighted by Crippen LogP contribution is 2.57. The van der Waals surface area contributed by atoms with Crippen LogP contribution in [0.1, 0.15) is 22.3 Å². The van der Waals surface area contributed by atoms with E-state index in [9.17, 15) is 0 Å². The molecule has 0 bridgehead atoms. The van der Waals surface area contributed by atoms with Gasteiger partial charge >= 0.3 is 0 Å². The Bertz CT molecular complexity index is 2640. The van der Waals surface area contributed by atoms with Crippen molar-refractivity contribution in [1.82, 2.24) is 9.97 Å². The molecule has 50 heavy (non-hydrogen) atoms. The number of thiophene rings is 1. The number of aromatic nitrogens is 2. The number of benzene rings is 7. The van der Waals surface area contributed by atoms with Crippen LogP contribution in [0.4, 0.5) is 0 Å². The lowest BCUT2D eigenvalue weighted by Gasteiger charge is -2.34. The second-order valence-corrected chi connectivity index (χ2v) is 14.0. The first kappa shape index (κ1) is 28.8. The molecule has 0 saturated heterocycles. The average molecular weight is 655 g/mol. The van der Waals surface area contributed by atoms with Gasteiger partial charge in [0.05, 0.1) is 16.8 Å². The van der Waals surface area contributed by atoms with Crippen LogP contribution in [0.25, 0.3) is 65.2 Å². The summed E-state index contributed by atoms with van der Waals surface area (Å²) < 4.78 is 2.62. The zero-order valence-electron chi connectivity index (χ0n) is 27.1. The molecular weight excluding hydrogens is 625 g/mol. The molecule has 3 heteroatoms. The molecule has 234 valence electrons. The summed E-state index contributed by atoms with van der Waals surface area (Å²) in [5.41, 5.74) is 11.9. The van der Waals surface area contributed by atoms with E-state index < -0.39 is 5.41 Å². The van der Waals surface area contributed by atoms with Gasteiger partial charge in [0.25, 0.3) is 0 Å². The van der Waals surface area contributed by atoms with Crippen LogP contribution in [0.3, 0.4) is 0 Å². The lowest BCUT2D eigenvalue weighted by atomic mass is 9.67. The fourth-order valence-corrected chi connectivity index (χ4v) is 9.03. The molecule has 0 aliphatic heterocycles. The van der Waals surface area contributed by atoms with E-state index in [0.717, 1.165) is 28.1 Å². The van der Waals surface area contributed by atoms with Gasteiger partial charge in [-0.05, 0) is 63.7 Å². The predicted octanol–water partition coefficient (Wildman–Crippen LogP) is 12.2. The van der Waals surface area contributed by atoms with Crippen LogP contribution in [0.15, 0.2) is 182 Å². The fourth-order valence-electron chi connectivity index (χ4n) is 7.94. The molecule has 7 aromatic carbocycles. The van der Waals surface area contributed by atoms with Crippen LogP contribution in [0, 0.1) is 0 Å². The molecule has 0 spiro atoms. The standard InChI is InChI=1S/C47H30N2S/c1-4-14-31(15-5-1)42-30-43(32-16-6-2-7-17-32)49-46(48-42)33-24-26-37-36-20-10-12-22-40(36)47(41(37)28-33,34-18-8-3-9-19-34)35-25-27-45-39(29-35)38-21-11-13-23-44(38)50-45/h1-30H. The van der Waals surface area contributed by atoms with Gasteiger partial charge in [0.2, 0.25) is 0 Å². The van der Waals surface area contributed by atoms with E-state index >= 15 is 0 Å². The Morgan fingerprint density at radius 2 is 0.980 bits per heavy atom. The molecule has 0 radical (unpaired) electrons. The van der Waals surface area contributed by atoms with E-state index in [1.165, 1.54) is 53.6 Å². The summed E-state index contributed by atoms with van der Waals surface area (Å²) in [5.74, 6) is 0.713.